The summed E-state index contributed by atoms with van der Waals surface area (Å²) >= 11 is 3.61. The van der Waals surface area contributed by atoms with Gasteiger partial charge in [-0.15, -0.1) is 0 Å². The number of nitrogens with zero attached hydrogens (tertiary/aromatic N) is 4. The first-order valence-corrected chi connectivity index (χ1v) is 9.69. The van der Waals surface area contributed by atoms with Gasteiger partial charge in [0.05, 0.1) is 21.7 Å². The van der Waals surface area contributed by atoms with Crippen LogP contribution in [0.3, 0.4) is 0 Å². The summed E-state index contributed by atoms with van der Waals surface area (Å²) in [5, 5.41) is 9.03. The Balaban J connectivity index is 1.76. The van der Waals surface area contributed by atoms with E-state index in [4.69, 9.17) is 4.74 Å². The molecule has 1 unspecified atom stereocenters. The number of rotatable bonds is 3. The molecule has 1 atom stereocenters. The van der Waals surface area contributed by atoms with Crippen LogP contribution in [0.2, 0.25) is 0 Å². The maximum absolute atomic E-state index is 5.89. The van der Waals surface area contributed by atoms with Gasteiger partial charge in [0, 0.05) is 18.5 Å². The van der Waals surface area contributed by atoms with E-state index in [0.717, 1.165) is 69.7 Å². The predicted molar refractivity (Wildman–Crippen MR) is 106 cm³/mol. The zero-order valence-electron chi connectivity index (χ0n) is 15.2. The fraction of sp³-hybridized carbons (Fsp3) is 0.421. The number of hydrogen-bond donors (Lipinski definition) is 1. The lowest BCUT2D eigenvalue weighted by molar-refractivity contribution is -0.0370. The fourth-order valence-corrected chi connectivity index (χ4v) is 3.80. The zero-order chi connectivity index (χ0) is 18.3. The van der Waals surface area contributed by atoms with E-state index >= 15 is 0 Å². The minimum atomic E-state index is -0.0317. The number of fused-ring (bicyclic) bond motifs is 1. The van der Waals surface area contributed by atoms with E-state index in [-0.39, 0.29) is 6.23 Å². The molecular formula is C19H22BrN5O. The summed E-state index contributed by atoms with van der Waals surface area (Å²) in [5.74, 6) is 0.797. The third kappa shape index (κ3) is 3.10. The van der Waals surface area contributed by atoms with E-state index in [1.54, 1.807) is 0 Å². The first-order chi connectivity index (χ1) is 12.5. The molecule has 0 aromatic carbocycles. The SMILES string of the molecule is Cc1cc(Br)c(Nc2c(C)cnc3c2cnn3C2CCCCO2)nc1C. The number of anilines is 2. The molecule has 1 saturated heterocycles. The van der Waals surface area contributed by atoms with Crippen molar-refractivity contribution in [2.45, 2.75) is 46.3 Å². The van der Waals surface area contributed by atoms with Gasteiger partial charge in [-0.1, -0.05) is 0 Å². The maximum atomic E-state index is 5.89. The third-order valence-electron chi connectivity index (χ3n) is 4.90. The molecule has 1 fully saturated rings. The highest BCUT2D eigenvalue weighted by Crippen LogP contribution is 2.33. The Bertz CT molecular complexity index is 962. The van der Waals surface area contributed by atoms with Crippen molar-refractivity contribution in [3.8, 4) is 0 Å². The van der Waals surface area contributed by atoms with Crippen LogP contribution in [0.5, 0.6) is 0 Å². The van der Waals surface area contributed by atoms with Crippen LogP contribution in [0.1, 0.15) is 42.3 Å². The molecule has 0 bridgehead atoms. The van der Waals surface area contributed by atoms with Gasteiger partial charge >= 0.3 is 0 Å². The highest BCUT2D eigenvalue weighted by Gasteiger charge is 2.21. The topological polar surface area (TPSA) is 64.9 Å². The lowest BCUT2D eigenvalue weighted by Gasteiger charge is -2.23. The summed E-state index contributed by atoms with van der Waals surface area (Å²) in [4.78, 5) is 9.30. The Hall–Kier alpha value is -1.99. The van der Waals surface area contributed by atoms with Crippen molar-refractivity contribution in [1.82, 2.24) is 19.7 Å². The number of pyridine rings is 2. The summed E-state index contributed by atoms with van der Waals surface area (Å²) < 4.78 is 8.73. The number of nitrogens with one attached hydrogen (secondary N) is 1. The Morgan fingerprint density at radius 2 is 2.04 bits per heavy atom. The molecule has 1 aliphatic rings. The van der Waals surface area contributed by atoms with Gasteiger partial charge in [-0.3, -0.25) is 0 Å². The molecule has 0 amide bonds. The number of aryl methyl sites for hydroxylation is 3. The third-order valence-corrected chi connectivity index (χ3v) is 5.51. The van der Waals surface area contributed by atoms with Crippen LogP contribution in [-0.4, -0.2) is 26.4 Å². The Labute approximate surface area is 161 Å². The molecule has 3 aromatic heterocycles. The fourth-order valence-electron chi connectivity index (χ4n) is 3.27. The smallest absolute Gasteiger partial charge is 0.162 e. The highest BCUT2D eigenvalue weighted by atomic mass is 79.9. The molecule has 136 valence electrons. The Kier molecular flexibility index (Phi) is 4.67. The lowest BCUT2D eigenvalue weighted by Crippen LogP contribution is -2.19. The molecule has 4 heterocycles. The van der Waals surface area contributed by atoms with Crippen LogP contribution < -0.4 is 5.32 Å². The van der Waals surface area contributed by atoms with Crippen LogP contribution in [0, 0.1) is 20.8 Å². The minimum absolute atomic E-state index is 0.0317. The van der Waals surface area contributed by atoms with Crippen LogP contribution in [-0.2, 0) is 4.74 Å². The molecule has 6 nitrogen and oxygen atoms in total. The lowest BCUT2D eigenvalue weighted by atomic mass is 10.1. The number of halogens is 1. The van der Waals surface area contributed by atoms with E-state index in [1.807, 2.05) is 30.9 Å². The minimum Gasteiger partial charge on any atom is -0.356 e. The monoisotopic (exact) mass is 415 g/mol. The summed E-state index contributed by atoms with van der Waals surface area (Å²) in [6.07, 6.45) is 6.95. The standard InChI is InChI=1S/C19H22BrN5O/c1-11-8-15(20)18(23-13(11)3)24-17-12(2)9-21-19-14(17)10-22-25(19)16-6-4-5-7-26-16/h8-10,16H,4-7H2,1-3H3,(H,21,23,24). The molecule has 0 spiro atoms. The van der Waals surface area contributed by atoms with Crippen molar-refractivity contribution < 1.29 is 4.74 Å². The Morgan fingerprint density at radius 1 is 1.19 bits per heavy atom. The van der Waals surface area contributed by atoms with Gasteiger partial charge < -0.3 is 10.1 Å². The van der Waals surface area contributed by atoms with E-state index < -0.39 is 0 Å². The average Bonchev–Trinajstić information content (AvgIpc) is 3.06. The van der Waals surface area contributed by atoms with Gasteiger partial charge in [0.15, 0.2) is 11.9 Å². The molecule has 7 heteroatoms. The summed E-state index contributed by atoms with van der Waals surface area (Å²) in [5.41, 5.74) is 5.03. The second-order valence-electron chi connectivity index (χ2n) is 6.81. The van der Waals surface area contributed by atoms with Gasteiger partial charge in [0.1, 0.15) is 5.82 Å². The van der Waals surface area contributed by atoms with Gasteiger partial charge in [-0.25, -0.2) is 14.6 Å². The zero-order valence-corrected chi connectivity index (χ0v) is 16.8. The molecular weight excluding hydrogens is 394 g/mol. The van der Waals surface area contributed by atoms with Gasteiger partial charge in [0.2, 0.25) is 0 Å². The van der Waals surface area contributed by atoms with Crippen molar-refractivity contribution in [3.63, 3.8) is 0 Å². The van der Waals surface area contributed by atoms with E-state index in [1.165, 1.54) is 0 Å². The normalized spacial score (nSPS) is 17.6. The first kappa shape index (κ1) is 17.4. The van der Waals surface area contributed by atoms with E-state index in [9.17, 15) is 0 Å². The van der Waals surface area contributed by atoms with Crippen LogP contribution in [0.25, 0.3) is 11.0 Å². The largest absolute Gasteiger partial charge is 0.356 e. The Morgan fingerprint density at radius 3 is 2.81 bits per heavy atom. The van der Waals surface area contributed by atoms with Crippen molar-refractivity contribution in [2.75, 3.05) is 11.9 Å². The summed E-state index contributed by atoms with van der Waals surface area (Å²) in [6.45, 7) is 6.89. The molecule has 26 heavy (non-hydrogen) atoms. The molecule has 0 aliphatic carbocycles. The number of aromatic nitrogens is 4. The summed E-state index contributed by atoms with van der Waals surface area (Å²) in [6, 6.07) is 2.08. The molecule has 0 saturated carbocycles. The van der Waals surface area contributed by atoms with Gasteiger partial charge in [0.25, 0.3) is 0 Å². The van der Waals surface area contributed by atoms with Gasteiger partial charge in [-0.05, 0) is 73.2 Å². The number of hydrogen-bond acceptors (Lipinski definition) is 5. The molecule has 1 N–H and O–H groups in total. The maximum Gasteiger partial charge on any atom is 0.162 e. The number of ether oxygens (including phenoxy) is 1. The van der Waals surface area contributed by atoms with Crippen molar-refractivity contribution >= 4 is 38.5 Å². The highest BCUT2D eigenvalue weighted by molar-refractivity contribution is 9.10. The van der Waals surface area contributed by atoms with Crippen molar-refractivity contribution in [1.29, 1.82) is 0 Å². The van der Waals surface area contributed by atoms with Crippen LogP contribution in [0.15, 0.2) is 22.9 Å². The predicted octanol–water partition coefficient (Wildman–Crippen LogP) is 4.96. The van der Waals surface area contributed by atoms with Crippen LogP contribution in [0.4, 0.5) is 11.5 Å². The van der Waals surface area contributed by atoms with Crippen molar-refractivity contribution in [3.05, 3.63) is 39.8 Å². The van der Waals surface area contributed by atoms with E-state index in [2.05, 4.69) is 49.3 Å². The van der Waals surface area contributed by atoms with Crippen molar-refractivity contribution in [2.24, 2.45) is 0 Å². The summed E-state index contributed by atoms with van der Waals surface area (Å²) in [7, 11) is 0. The molecule has 0 radical (unpaired) electrons. The van der Waals surface area contributed by atoms with Crippen LogP contribution >= 0.6 is 15.9 Å². The first-order valence-electron chi connectivity index (χ1n) is 8.90. The van der Waals surface area contributed by atoms with Gasteiger partial charge in [-0.2, -0.15) is 5.10 Å². The molecule has 3 aromatic rings. The van der Waals surface area contributed by atoms with E-state index in [0.29, 0.717) is 0 Å². The second kappa shape index (κ2) is 6.96. The molecule has 4 rings (SSSR count). The molecule has 1 aliphatic heterocycles. The average molecular weight is 416 g/mol. The second-order valence-corrected chi connectivity index (χ2v) is 7.66. The quantitative estimate of drug-likeness (QED) is 0.654.